The number of nitrogens with zero attached hydrogens (tertiary/aromatic N) is 1. The minimum atomic E-state index is -0.876. The smallest absolute Gasteiger partial charge is 0.335 e. The molecule has 18 heavy (non-hydrogen) atoms. The fraction of sp³-hybridized carbons (Fsp3) is 0.267. The van der Waals surface area contributed by atoms with Crippen LogP contribution in [-0.2, 0) is 13.0 Å². The molecule has 0 aliphatic heterocycles. The van der Waals surface area contributed by atoms with Gasteiger partial charge in [-0.25, -0.2) is 4.79 Å². The maximum absolute atomic E-state index is 10.7. The van der Waals surface area contributed by atoms with E-state index < -0.39 is 5.97 Å². The number of carbonyl (C=O) groups is 1. The molecule has 0 spiro atoms. The molecule has 0 aliphatic rings. The number of carboxylic acids is 1. The lowest BCUT2D eigenvalue weighted by Crippen LogP contribution is -2.05. The Hall–Kier alpha value is -2.03. The summed E-state index contributed by atoms with van der Waals surface area (Å²) in [5.41, 5.74) is 4.02. The van der Waals surface area contributed by atoms with Crippen molar-refractivity contribution in [2.75, 3.05) is 0 Å². The minimum absolute atomic E-state index is 0.340. The quantitative estimate of drug-likeness (QED) is 0.896. The number of aryl methyl sites for hydroxylation is 3. The molecular formula is C15H17NO2. The Morgan fingerprint density at radius 2 is 1.61 bits per heavy atom. The zero-order valence-corrected chi connectivity index (χ0v) is 10.7. The van der Waals surface area contributed by atoms with Crippen molar-refractivity contribution in [3.63, 3.8) is 0 Å². The SMILES string of the molecule is Cc1ccc(C)n1CCc1ccc(C(=O)O)cc1. The second-order valence-electron chi connectivity index (χ2n) is 4.52. The van der Waals surface area contributed by atoms with E-state index in [2.05, 4.69) is 30.5 Å². The van der Waals surface area contributed by atoms with Crippen molar-refractivity contribution in [1.82, 2.24) is 4.57 Å². The van der Waals surface area contributed by atoms with Crippen molar-refractivity contribution in [3.05, 3.63) is 58.9 Å². The minimum Gasteiger partial charge on any atom is -0.478 e. The summed E-state index contributed by atoms with van der Waals surface area (Å²) in [5.74, 6) is -0.876. The average molecular weight is 243 g/mol. The zero-order valence-electron chi connectivity index (χ0n) is 10.7. The van der Waals surface area contributed by atoms with Crippen LogP contribution in [0.5, 0.6) is 0 Å². The molecule has 0 saturated carbocycles. The van der Waals surface area contributed by atoms with Gasteiger partial charge in [-0.1, -0.05) is 12.1 Å². The summed E-state index contributed by atoms with van der Waals surface area (Å²) in [4.78, 5) is 10.7. The first kappa shape index (κ1) is 12.4. The molecule has 0 fully saturated rings. The second kappa shape index (κ2) is 5.08. The molecule has 0 amide bonds. The Labute approximate surface area is 107 Å². The topological polar surface area (TPSA) is 42.2 Å². The van der Waals surface area contributed by atoms with E-state index >= 15 is 0 Å². The third-order valence-electron chi connectivity index (χ3n) is 3.24. The van der Waals surface area contributed by atoms with Gasteiger partial charge in [-0.15, -0.1) is 0 Å². The van der Waals surface area contributed by atoms with Gasteiger partial charge >= 0.3 is 5.97 Å². The molecule has 2 rings (SSSR count). The van der Waals surface area contributed by atoms with Gasteiger partial charge in [-0.2, -0.15) is 0 Å². The average Bonchev–Trinajstić information content (AvgIpc) is 2.67. The number of rotatable bonds is 4. The zero-order chi connectivity index (χ0) is 13.1. The van der Waals surface area contributed by atoms with Crippen LogP contribution < -0.4 is 0 Å². The number of benzene rings is 1. The van der Waals surface area contributed by atoms with Crippen LogP contribution in [0, 0.1) is 13.8 Å². The standard InChI is InChI=1S/C15H17NO2/c1-11-3-4-12(2)16(11)10-9-13-5-7-14(8-6-13)15(17)18/h3-8H,9-10H2,1-2H3,(H,17,18). The van der Waals surface area contributed by atoms with Gasteiger partial charge in [-0.05, 0) is 50.1 Å². The maximum atomic E-state index is 10.7. The summed E-state index contributed by atoms with van der Waals surface area (Å²) in [6.07, 6.45) is 0.913. The number of aromatic carboxylic acids is 1. The molecule has 3 heteroatoms. The maximum Gasteiger partial charge on any atom is 0.335 e. The Balaban J connectivity index is 2.04. The van der Waals surface area contributed by atoms with Gasteiger partial charge in [0.05, 0.1) is 5.56 Å². The van der Waals surface area contributed by atoms with E-state index in [1.807, 2.05) is 12.1 Å². The monoisotopic (exact) mass is 243 g/mol. The third-order valence-corrected chi connectivity index (χ3v) is 3.24. The number of hydrogen-bond acceptors (Lipinski definition) is 1. The largest absolute Gasteiger partial charge is 0.478 e. The second-order valence-corrected chi connectivity index (χ2v) is 4.52. The third kappa shape index (κ3) is 2.62. The molecule has 1 aromatic heterocycles. The number of carboxylic acid groups (broad SMARTS) is 1. The van der Waals surface area contributed by atoms with E-state index in [4.69, 9.17) is 5.11 Å². The fourth-order valence-corrected chi connectivity index (χ4v) is 2.11. The van der Waals surface area contributed by atoms with Crippen LogP contribution in [0.2, 0.25) is 0 Å². The van der Waals surface area contributed by atoms with Crippen LogP contribution in [-0.4, -0.2) is 15.6 Å². The van der Waals surface area contributed by atoms with Crippen molar-refractivity contribution in [2.45, 2.75) is 26.8 Å². The molecule has 1 aromatic carbocycles. The van der Waals surface area contributed by atoms with Crippen molar-refractivity contribution in [3.8, 4) is 0 Å². The van der Waals surface area contributed by atoms with Gasteiger partial charge in [0, 0.05) is 17.9 Å². The summed E-state index contributed by atoms with van der Waals surface area (Å²) in [6.45, 7) is 5.12. The molecule has 0 radical (unpaired) electrons. The van der Waals surface area contributed by atoms with E-state index in [0.29, 0.717) is 5.56 Å². The lowest BCUT2D eigenvalue weighted by molar-refractivity contribution is 0.0697. The first-order chi connectivity index (χ1) is 8.58. The number of hydrogen-bond donors (Lipinski definition) is 1. The highest BCUT2D eigenvalue weighted by atomic mass is 16.4. The molecule has 1 heterocycles. The summed E-state index contributed by atoms with van der Waals surface area (Å²) in [5, 5.41) is 8.82. The van der Waals surface area contributed by atoms with Crippen molar-refractivity contribution in [1.29, 1.82) is 0 Å². The summed E-state index contributed by atoms with van der Waals surface area (Å²) in [6, 6.07) is 11.3. The lowest BCUT2D eigenvalue weighted by Gasteiger charge is -2.09. The number of aromatic nitrogens is 1. The van der Waals surface area contributed by atoms with Crippen LogP contribution >= 0.6 is 0 Å². The van der Waals surface area contributed by atoms with Gasteiger partial charge in [0.15, 0.2) is 0 Å². The molecule has 0 atom stereocenters. The van der Waals surface area contributed by atoms with Crippen LogP contribution in [0.15, 0.2) is 36.4 Å². The molecule has 0 saturated heterocycles. The van der Waals surface area contributed by atoms with Crippen LogP contribution in [0.25, 0.3) is 0 Å². The van der Waals surface area contributed by atoms with Gasteiger partial charge in [0.2, 0.25) is 0 Å². The first-order valence-corrected chi connectivity index (χ1v) is 6.03. The Morgan fingerprint density at radius 3 is 2.11 bits per heavy atom. The van der Waals surface area contributed by atoms with E-state index in [-0.39, 0.29) is 0 Å². The van der Waals surface area contributed by atoms with Gasteiger partial charge < -0.3 is 9.67 Å². The molecule has 0 bridgehead atoms. The predicted molar refractivity (Wildman–Crippen MR) is 71.0 cm³/mol. The van der Waals surface area contributed by atoms with E-state index in [9.17, 15) is 4.79 Å². The molecule has 1 N–H and O–H groups in total. The normalized spacial score (nSPS) is 10.6. The molecule has 0 aliphatic carbocycles. The lowest BCUT2D eigenvalue weighted by atomic mass is 10.1. The highest BCUT2D eigenvalue weighted by Gasteiger charge is 2.03. The first-order valence-electron chi connectivity index (χ1n) is 6.03. The summed E-state index contributed by atoms with van der Waals surface area (Å²) < 4.78 is 2.27. The van der Waals surface area contributed by atoms with E-state index in [0.717, 1.165) is 18.5 Å². The predicted octanol–water partition coefficient (Wildman–Crippen LogP) is 3.05. The molecular weight excluding hydrogens is 226 g/mol. The highest BCUT2D eigenvalue weighted by molar-refractivity contribution is 5.87. The van der Waals surface area contributed by atoms with Crippen LogP contribution in [0.4, 0.5) is 0 Å². The molecule has 2 aromatic rings. The van der Waals surface area contributed by atoms with E-state index in [1.54, 1.807) is 12.1 Å². The summed E-state index contributed by atoms with van der Waals surface area (Å²) >= 11 is 0. The van der Waals surface area contributed by atoms with Gasteiger partial charge in [-0.3, -0.25) is 0 Å². The Bertz CT molecular complexity index is 533. The van der Waals surface area contributed by atoms with Gasteiger partial charge in [0.25, 0.3) is 0 Å². The van der Waals surface area contributed by atoms with Crippen molar-refractivity contribution >= 4 is 5.97 Å². The van der Waals surface area contributed by atoms with E-state index in [1.165, 1.54) is 11.4 Å². The summed E-state index contributed by atoms with van der Waals surface area (Å²) in [7, 11) is 0. The Kier molecular flexibility index (Phi) is 3.51. The van der Waals surface area contributed by atoms with Crippen molar-refractivity contribution in [2.24, 2.45) is 0 Å². The molecule has 0 unspecified atom stereocenters. The van der Waals surface area contributed by atoms with Gasteiger partial charge in [0.1, 0.15) is 0 Å². The highest BCUT2D eigenvalue weighted by Crippen LogP contribution is 2.10. The fourth-order valence-electron chi connectivity index (χ4n) is 2.11. The Morgan fingerprint density at radius 1 is 1.06 bits per heavy atom. The van der Waals surface area contributed by atoms with Crippen LogP contribution in [0.1, 0.15) is 27.3 Å². The van der Waals surface area contributed by atoms with Crippen LogP contribution in [0.3, 0.4) is 0 Å². The molecule has 3 nitrogen and oxygen atoms in total. The van der Waals surface area contributed by atoms with Crippen molar-refractivity contribution < 1.29 is 9.90 Å². The molecule has 94 valence electrons.